The van der Waals surface area contributed by atoms with Crippen LogP contribution < -0.4 is 15.0 Å². The molecule has 2 heterocycles. The summed E-state index contributed by atoms with van der Waals surface area (Å²) in [5.41, 5.74) is -0.153. The first-order valence-corrected chi connectivity index (χ1v) is 8.12. The number of halogens is 3. The average Bonchev–Trinajstić information content (AvgIpc) is 3.00. The first-order chi connectivity index (χ1) is 12.4. The van der Waals surface area contributed by atoms with E-state index < -0.39 is 11.7 Å². The molecule has 9 heteroatoms. The summed E-state index contributed by atoms with van der Waals surface area (Å²) in [5.74, 6) is 0.515. The zero-order valence-corrected chi connectivity index (χ0v) is 14.1. The molecule has 1 aliphatic rings. The van der Waals surface area contributed by atoms with Crippen LogP contribution in [0.15, 0.2) is 28.8 Å². The number of fused-ring (bicyclic) bond motifs is 1. The van der Waals surface area contributed by atoms with Crippen molar-refractivity contribution in [3.63, 3.8) is 0 Å². The summed E-state index contributed by atoms with van der Waals surface area (Å²) < 4.78 is 48.6. The van der Waals surface area contributed by atoms with E-state index in [2.05, 4.69) is 10.5 Å². The Bertz CT molecular complexity index is 789. The van der Waals surface area contributed by atoms with Gasteiger partial charge in [0.2, 0.25) is 0 Å². The van der Waals surface area contributed by atoms with E-state index in [1.165, 1.54) is 13.2 Å². The van der Waals surface area contributed by atoms with Crippen molar-refractivity contribution in [2.24, 2.45) is 0 Å². The molecule has 0 radical (unpaired) electrons. The zero-order chi connectivity index (χ0) is 18.7. The molecule has 1 N–H and O–H groups in total. The Morgan fingerprint density at radius 2 is 2.15 bits per heavy atom. The van der Waals surface area contributed by atoms with E-state index in [-0.39, 0.29) is 23.7 Å². The van der Waals surface area contributed by atoms with E-state index in [0.717, 1.165) is 12.1 Å². The number of ketones is 1. The van der Waals surface area contributed by atoms with Crippen molar-refractivity contribution >= 4 is 17.3 Å². The van der Waals surface area contributed by atoms with Crippen LogP contribution in [0.2, 0.25) is 0 Å². The maximum atomic E-state index is 12.9. The number of benzene rings is 1. The molecule has 1 aromatic carbocycles. The van der Waals surface area contributed by atoms with E-state index in [0.29, 0.717) is 37.6 Å². The Morgan fingerprint density at radius 3 is 2.85 bits per heavy atom. The predicted molar refractivity (Wildman–Crippen MR) is 88.8 cm³/mol. The van der Waals surface area contributed by atoms with Crippen LogP contribution in [0.25, 0.3) is 0 Å². The number of hydrogen-bond acceptors (Lipinski definition) is 6. The maximum Gasteiger partial charge on any atom is 0.416 e. The molecule has 0 bridgehead atoms. The van der Waals surface area contributed by atoms with Gasteiger partial charge >= 0.3 is 12.1 Å². The third-order valence-electron chi connectivity index (χ3n) is 4.17. The largest absolute Gasteiger partial charge is 0.467 e. The molecular formula is C17H18F3N3O3. The molecule has 0 saturated heterocycles. The first kappa shape index (κ1) is 18.1. The molecule has 0 aliphatic carbocycles. The highest BCUT2D eigenvalue weighted by molar-refractivity contribution is 6.02. The lowest BCUT2D eigenvalue weighted by molar-refractivity contribution is -0.137. The number of nitrogens with one attached hydrogen (secondary N) is 1. The van der Waals surface area contributed by atoms with Gasteiger partial charge in [0.15, 0.2) is 11.6 Å². The highest BCUT2D eigenvalue weighted by Crippen LogP contribution is 2.34. The highest BCUT2D eigenvalue weighted by Gasteiger charge is 2.32. The zero-order valence-electron chi connectivity index (χ0n) is 14.1. The molecule has 26 heavy (non-hydrogen) atoms. The molecule has 3 rings (SSSR count). The van der Waals surface area contributed by atoms with E-state index in [9.17, 15) is 18.0 Å². The van der Waals surface area contributed by atoms with Crippen LogP contribution >= 0.6 is 0 Å². The smallest absolute Gasteiger partial charge is 0.416 e. The van der Waals surface area contributed by atoms with E-state index >= 15 is 0 Å². The molecular weight excluding hydrogens is 351 g/mol. The quantitative estimate of drug-likeness (QED) is 0.869. The molecule has 2 aromatic rings. The number of Topliss-reactive ketones (excluding diaryl/α,β-unsaturated/α-hetero) is 1. The minimum absolute atomic E-state index is 0.125. The standard InChI is InChI=1S/C17H18F3N3O3/c1-25-16-10-15(22-26-16)21-6-8-23-7-2-3-14(24)12-9-11(17(18,19)20)4-5-13(12)23/h4-5,9-10H,2-3,6-8H2,1H3,(H,21,22). The van der Waals surface area contributed by atoms with E-state index in [1.807, 2.05) is 4.90 Å². The predicted octanol–water partition coefficient (Wildman–Crippen LogP) is 3.60. The number of aromatic nitrogens is 1. The van der Waals surface area contributed by atoms with Crippen LogP contribution in [0.1, 0.15) is 28.8 Å². The number of carbonyl (C=O) groups excluding carboxylic acids is 1. The first-order valence-electron chi connectivity index (χ1n) is 8.12. The minimum Gasteiger partial charge on any atom is -0.467 e. The van der Waals surface area contributed by atoms with Gasteiger partial charge in [-0.1, -0.05) is 5.16 Å². The normalized spacial score (nSPS) is 14.8. The van der Waals surface area contributed by atoms with Gasteiger partial charge in [-0.2, -0.15) is 13.2 Å². The average molecular weight is 369 g/mol. The number of alkyl halides is 3. The summed E-state index contributed by atoms with van der Waals surface area (Å²) in [4.78, 5) is 14.1. The number of nitrogens with zero attached hydrogens (tertiary/aromatic N) is 2. The van der Waals surface area contributed by atoms with Crippen molar-refractivity contribution in [2.45, 2.75) is 19.0 Å². The molecule has 1 aromatic heterocycles. The fraction of sp³-hybridized carbons (Fsp3) is 0.412. The number of hydrogen-bond donors (Lipinski definition) is 1. The number of carbonyl (C=O) groups is 1. The van der Waals surface area contributed by atoms with Crippen molar-refractivity contribution in [2.75, 3.05) is 37.0 Å². The highest BCUT2D eigenvalue weighted by atomic mass is 19.4. The van der Waals surface area contributed by atoms with Crippen LogP contribution in [0, 0.1) is 0 Å². The SMILES string of the molecule is COc1cc(NCCN2CCCC(=O)c3cc(C(F)(F)F)ccc32)no1. The van der Waals surface area contributed by atoms with E-state index in [4.69, 9.17) is 9.26 Å². The van der Waals surface area contributed by atoms with Gasteiger partial charge in [-0.15, -0.1) is 0 Å². The second-order valence-electron chi connectivity index (χ2n) is 5.91. The van der Waals surface area contributed by atoms with Gasteiger partial charge in [0.05, 0.1) is 18.7 Å². The lowest BCUT2D eigenvalue weighted by Gasteiger charge is -2.25. The summed E-state index contributed by atoms with van der Waals surface area (Å²) in [7, 11) is 1.46. The Balaban J connectivity index is 1.74. The van der Waals surface area contributed by atoms with Crippen molar-refractivity contribution < 1.29 is 27.2 Å². The van der Waals surface area contributed by atoms with Crippen LogP contribution in [-0.2, 0) is 6.18 Å². The molecule has 0 fully saturated rings. The van der Waals surface area contributed by atoms with Gasteiger partial charge in [-0.25, -0.2) is 0 Å². The van der Waals surface area contributed by atoms with Crippen LogP contribution in [0.3, 0.4) is 0 Å². The monoisotopic (exact) mass is 369 g/mol. The Hall–Kier alpha value is -2.71. The summed E-state index contributed by atoms with van der Waals surface area (Å²) in [5, 5.41) is 6.83. The summed E-state index contributed by atoms with van der Waals surface area (Å²) in [6.45, 7) is 1.57. The van der Waals surface area contributed by atoms with Gasteiger partial charge < -0.3 is 19.5 Å². The number of ether oxygens (including phenoxy) is 1. The Morgan fingerprint density at radius 1 is 1.35 bits per heavy atom. The van der Waals surface area contributed by atoms with Crippen LogP contribution in [-0.4, -0.2) is 37.7 Å². The number of methoxy groups -OCH3 is 1. The summed E-state index contributed by atoms with van der Waals surface area (Å²) >= 11 is 0. The molecule has 1 aliphatic heterocycles. The lowest BCUT2D eigenvalue weighted by Crippen LogP contribution is -2.30. The third-order valence-corrected chi connectivity index (χ3v) is 4.17. The van der Waals surface area contributed by atoms with E-state index in [1.54, 1.807) is 6.07 Å². The molecule has 0 spiro atoms. The number of rotatable bonds is 5. The second kappa shape index (κ2) is 7.27. The van der Waals surface area contributed by atoms with Crippen LogP contribution in [0.5, 0.6) is 5.95 Å². The molecule has 140 valence electrons. The second-order valence-corrected chi connectivity index (χ2v) is 5.91. The van der Waals surface area contributed by atoms with Gasteiger partial charge in [-0.05, 0) is 24.6 Å². The fourth-order valence-corrected chi connectivity index (χ4v) is 2.89. The van der Waals surface area contributed by atoms with Crippen molar-refractivity contribution in [1.29, 1.82) is 0 Å². The third kappa shape index (κ3) is 3.92. The molecule has 0 unspecified atom stereocenters. The Kier molecular flexibility index (Phi) is 5.06. The molecule has 6 nitrogen and oxygen atoms in total. The Labute approximate surface area is 147 Å². The van der Waals surface area contributed by atoms with Gasteiger partial charge in [0.25, 0.3) is 0 Å². The van der Waals surface area contributed by atoms with Gasteiger partial charge in [0, 0.05) is 37.3 Å². The van der Waals surface area contributed by atoms with Gasteiger partial charge in [0.1, 0.15) is 0 Å². The molecule has 0 amide bonds. The molecule has 0 atom stereocenters. The van der Waals surface area contributed by atoms with Crippen molar-refractivity contribution in [3.05, 3.63) is 35.4 Å². The van der Waals surface area contributed by atoms with Crippen LogP contribution in [0.4, 0.5) is 24.7 Å². The summed E-state index contributed by atoms with van der Waals surface area (Å²) in [6, 6.07) is 4.93. The number of anilines is 2. The fourth-order valence-electron chi connectivity index (χ4n) is 2.89. The van der Waals surface area contributed by atoms with Gasteiger partial charge in [-0.3, -0.25) is 4.79 Å². The van der Waals surface area contributed by atoms with Crippen molar-refractivity contribution in [3.8, 4) is 5.95 Å². The molecule has 0 saturated carbocycles. The lowest BCUT2D eigenvalue weighted by atomic mass is 10.0. The van der Waals surface area contributed by atoms with Crippen molar-refractivity contribution in [1.82, 2.24) is 5.16 Å². The minimum atomic E-state index is -4.47. The maximum absolute atomic E-state index is 12.9. The topological polar surface area (TPSA) is 67.6 Å². The summed E-state index contributed by atoms with van der Waals surface area (Å²) in [6.07, 6.45) is -3.65.